The molecule has 6 heteroatoms. The van der Waals surface area contributed by atoms with E-state index in [2.05, 4.69) is 21.2 Å². The van der Waals surface area contributed by atoms with Crippen molar-refractivity contribution >= 4 is 22.0 Å². The Kier molecular flexibility index (Phi) is 8.96. The molecule has 0 aliphatic rings. The van der Waals surface area contributed by atoms with Crippen molar-refractivity contribution in [3.63, 3.8) is 0 Å². The van der Waals surface area contributed by atoms with Crippen LogP contribution in [0.2, 0.25) is 0 Å². The fourth-order valence-corrected chi connectivity index (χ4v) is 0.895. The van der Waals surface area contributed by atoms with Gasteiger partial charge in [-0.05, 0) is 27.7 Å². The average Bonchev–Trinajstić information content (AvgIpc) is 1.99. The van der Waals surface area contributed by atoms with Gasteiger partial charge in [-0.2, -0.15) is 0 Å². The van der Waals surface area contributed by atoms with E-state index in [0.717, 1.165) is 0 Å². The van der Waals surface area contributed by atoms with E-state index in [-0.39, 0.29) is 30.5 Å². The summed E-state index contributed by atoms with van der Waals surface area (Å²) in [7, 11) is 1.56. The number of halogens is 1. The van der Waals surface area contributed by atoms with Gasteiger partial charge in [0.1, 0.15) is 10.6 Å². The standard InChI is InChI=1S/C9H18BrNO3.Zn/c1-6(7(10)13-5)11-8(12)14-9(2,3)4;/h6-7H,1-5H3,(H,11,12);. The van der Waals surface area contributed by atoms with Gasteiger partial charge in [-0.25, -0.2) is 4.79 Å². The summed E-state index contributed by atoms with van der Waals surface area (Å²) in [6, 6.07) is -0.144. The summed E-state index contributed by atoms with van der Waals surface area (Å²) >= 11 is 3.26. The van der Waals surface area contributed by atoms with E-state index in [1.165, 1.54) is 0 Å². The van der Waals surface area contributed by atoms with Gasteiger partial charge in [0.05, 0.1) is 6.04 Å². The summed E-state index contributed by atoms with van der Waals surface area (Å²) in [5, 5.41) is 2.44. The smallest absolute Gasteiger partial charge is 0.407 e. The normalized spacial score (nSPS) is 14.8. The van der Waals surface area contributed by atoms with Gasteiger partial charge >= 0.3 is 6.09 Å². The Labute approximate surface area is 112 Å². The molecule has 2 unspecified atom stereocenters. The van der Waals surface area contributed by atoms with E-state index in [9.17, 15) is 4.79 Å². The molecule has 1 N–H and O–H groups in total. The second-order valence-corrected chi connectivity index (χ2v) is 4.92. The van der Waals surface area contributed by atoms with Gasteiger partial charge in [0.15, 0.2) is 0 Å². The van der Waals surface area contributed by atoms with Crippen molar-refractivity contribution in [1.82, 2.24) is 5.32 Å². The molecule has 86 valence electrons. The van der Waals surface area contributed by atoms with Gasteiger partial charge in [0.25, 0.3) is 0 Å². The number of ether oxygens (including phenoxy) is 2. The van der Waals surface area contributed by atoms with Crippen LogP contribution in [0.4, 0.5) is 4.79 Å². The first-order chi connectivity index (χ1) is 6.26. The second kappa shape index (κ2) is 7.58. The van der Waals surface area contributed by atoms with Crippen molar-refractivity contribution in [2.75, 3.05) is 7.11 Å². The first-order valence-electron chi connectivity index (χ1n) is 4.42. The number of rotatable bonds is 3. The van der Waals surface area contributed by atoms with E-state index in [1.807, 2.05) is 27.7 Å². The van der Waals surface area contributed by atoms with Gasteiger partial charge in [0.2, 0.25) is 0 Å². The molecular weight excluding hydrogens is 315 g/mol. The molecule has 15 heavy (non-hydrogen) atoms. The number of alkyl carbamates (subject to hydrolysis) is 1. The van der Waals surface area contributed by atoms with E-state index < -0.39 is 11.7 Å². The van der Waals surface area contributed by atoms with Crippen molar-refractivity contribution in [1.29, 1.82) is 0 Å². The van der Waals surface area contributed by atoms with Crippen LogP contribution in [0, 0.1) is 0 Å². The molecule has 0 aliphatic carbocycles. The largest absolute Gasteiger partial charge is 0.444 e. The minimum Gasteiger partial charge on any atom is -0.444 e. The molecule has 0 aromatic heterocycles. The average molecular weight is 334 g/mol. The Balaban J connectivity index is 0. The number of hydrogen-bond acceptors (Lipinski definition) is 3. The number of amides is 1. The monoisotopic (exact) mass is 331 g/mol. The van der Waals surface area contributed by atoms with Gasteiger partial charge in [-0.15, -0.1) is 0 Å². The quantitative estimate of drug-likeness (QED) is 0.637. The molecule has 0 saturated heterocycles. The van der Waals surface area contributed by atoms with Gasteiger partial charge in [-0.1, -0.05) is 15.9 Å². The van der Waals surface area contributed by atoms with Crippen LogP contribution in [0.15, 0.2) is 0 Å². The number of carbonyl (C=O) groups excluding carboxylic acids is 1. The summed E-state index contributed by atoms with van der Waals surface area (Å²) in [6.07, 6.45) is -0.438. The molecule has 4 nitrogen and oxygen atoms in total. The first-order valence-corrected chi connectivity index (χ1v) is 5.34. The molecule has 0 fully saturated rings. The van der Waals surface area contributed by atoms with Gasteiger partial charge in [0, 0.05) is 26.6 Å². The fraction of sp³-hybridized carbons (Fsp3) is 0.889. The minimum atomic E-state index is -0.474. The van der Waals surface area contributed by atoms with E-state index in [0.29, 0.717) is 0 Å². The third-order valence-corrected chi connectivity index (χ3v) is 2.53. The molecule has 0 spiro atoms. The van der Waals surface area contributed by atoms with Crippen LogP contribution in [0.1, 0.15) is 27.7 Å². The van der Waals surface area contributed by atoms with Crippen LogP contribution in [-0.2, 0) is 29.0 Å². The maximum atomic E-state index is 11.3. The molecular formula is C9H18BrNO3Zn. The maximum Gasteiger partial charge on any atom is 0.407 e. The van der Waals surface area contributed by atoms with Crippen LogP contribution in [0.3, 0.4) is 0 Å². The van der Waals surface area contributed by atoms with Crippen molar-refractivity contribution in [3.8, 4) is 0 Å². The summed E-state index contributed by atoms with van der Waals surface area (Å²) in [6.45, 7) is 7.28. The molecule has 0 heterocycles. The summed E-state index contributed by atoms with van der Waals surface area (Å²) < 4.78 is 10.1. The van der Waals surface area contributed by atoms with Crippen LogP contribution >= 0.6 is 15.9 Å². The topological polar surface area (TPSA) is 47.6 Å². The number of hydrogen-bond donors (Lipinski definition) is 1. The molecule has 0 radical (unpaired) electrons. The van der Waals surface area contributed by atoms with Crippen molar-refractivity contribution in [2.24, 2.45) is 0 Å². The Hall–Kier alpha value is 0.333. The predicted molar refractivity (Wildman–Crippen MR) is 58.6 cm³/mol. The molecule has 2 atom stereocenters. The van der Waals surface area contributed by atoms with Crippen LogP contribution in [-0.4, -0.2) is 29.9 Å². The van der Waals surface area contributed by atoms with Crippen LogP contribution in [0.5, 0.6) is 0 Å². The van der Waals surface area contributed by atoms with Gasteiger partial charge in [-0.3, -0.25) is 0 Å². The summed E-state index contributed by atoms with van der Waals surface area (Å²) in [4.78, 5) is 11.3. The Morgan fingerprint density at radius 3 is 2.20 bits per heavy atom. The molecule has 0 aromatic rings. The minimum absolute atomic E-state index is 0. The molecule has 0 aliphatic heterocycles. The van der Waals surface area contributed by atoms with Crippen molar-refractivity contribution in [2.45, 2.75) is 44.4 Å². The summed E-state index contributed by atoms with van der Waals surface area (Å²) in [5.74, 6) is 0. The van der Waals surface area contributed by atoms with E-state index in [1.54, 1.807) is 7.11 Å². The first kappa shape index (κ1) is 17.7. The van der Waals surface area contributed by atoms with Crippen LogP contribution in [0.25, 0.3) is 0 Å². The Morgan fingerprint density at radius 1 is 1.40 bits per heavy atom. The summed E-state index contributed by atoms with van der Waals surface area (Å²) in [5.41, 5.74) is -0.474. The van der Waals surface area contributed by atoms with Gasteiger partial charge < -0.3 is 14.8 Å². The molecule has 0 aromatic carbocycles. The van der Waals surface area contributed by atoms with Crippen molar-refractivity contribution < 1.29 is 33.7 Å². The molecule has 0 saturated carbocycles. The van der Waals surface area contributed by atoms with Crippen LogP contribution < -0.4 is 5.32 Å². The zero-order valence-corrected chi connectivity index (χ0v) is 14.5. The number of carbonyl (C=O) groups is 1. The Bertz CT molecular complexity index is 196. The Morgan fingerprint density at radius 2 is 1.87 bits per heavy atom. The van der Waals surface area contributed by atoms with E-state index >= 15 is 0 Å². The predicted octanol–water partition coefficient (Wildman–Crippen LogP) is 2.26. The SMILES string of the molecule is COC(Br)C(C)NC(=O)OC(C)(C)C.[Zn]. The molecule has 0 rings (SSSR count). The fourth-order valence-electron chi connectivity index (χ4n) is 0.763. The van der Waals surface area contributed by atoms with E-state index in [4.69, 9.17) is 9.47 Å². The zero-order chi connectivity index (χ0) is 11.4. The van der Waals surface area contributed by atoms with Crippen molar-refractivity contribution in [3.05, 3.63) is 0 Å². The second-order valence-electron chi connectivity index (χ2n) is 4.02. The molecule has 0 bridgehead atoms. The number of nitrogens with one attached hydrogen (secondary N) is 1. The third kappa shape index (κ3) is 9.27. The number of methoxy groups -OCH3 is 1. The molecule has 1 amide bonds. The maximum absolute atomic E-state index is 11.3. The number of alkyl halides is 1. The third-order valence-electron chi connectivity index (χ3n) is 1.36. The zero-order valence-electron chi connectivity index (χ0n) is 9.96.